The van der Waals surface area contributed by atoms with E-state index < -0.39 is 0 Å². The molecule has 0 amide bonds. The van der Waals surface area contributed by atoms with Crippen LogP contribution in [-0.4, -0.2) is 6.04 Å². The molecule has 1 aromatic rings. The summed E-state index contributed by atoms with van der Waals surface area (Å²) < 4.78 is 0. The third-order valence-corrected chi connectivity index (χ3v) is 2.51. The van der Waals surface area contributed by atoms with Crippen LogP contribution in [0, 0.1) is 6.92 Å². The minimum Gasteiger partial charge on any atom is -0.382 e. The lowest BCUT2D eigenvalue weighted by Gasteiger charge is -2.24. The van der Waals surface area contributed by atoms with E-state index in [0.29, 0.717) is 6.04 Å². The van der Waals surface area contributed by atoms with Gasteiger partial charge in [-0.05, 0) is 43.9 Å². The Balaban J connectivity index is 2.37. The van der Waals surface area contributed by atoms with E-state index in [-0.39, 0.29) is 0 Å². The van der Waals surface area contributed by atoms with Gasteiger partial charge in [-0.25, -0.2) is 0 Å². The highest BCUT2D eigenvalue weighted by Crippen LogP contribution is 2.25. The first-order valence-corrected chi connectivity index (χ1v) is 4.62. The van der Waals surface area contributed by atoms with Crippen LogP contribution in [0.5, 0.6) is 0 Å². The maximum Gasteiger partial charge on any atom is 0.0377 e. The Bertz CT molecular complexity index is 291. The topological polar surface area (TPSA) is 12.0 Å². The molecule has 12 heavy (non-hydrogen) atoms. The van der Waals surface area contributed by atoms with Crippen molar-refractivity contribution in [3.05, 3.63) is 29.3 Å². The van der Waals surface area contributed by atoms with Gasteiger partial charge in [-0.2, -0.15) is 0 Å². The molecule has 0 radical (unpaired) electrons. The van der Waals surface area contributed by atoms with Gasteiger partial charge in [0.15, 0.2) is 0 Å². The van der Waals surface area contributed by atoms with Crippen LogP contribution in [0.1, 0.15) is 24.5 Å². The summed E-state index contributed by atoms with van der Waals surface area (Å²) >= 11 is 0. The van der Waals surface area contributed by atoms with Gasteiger partial charge in [-0.1, -0.05) is 12.1 Å². The fraction of sp³-hybridized carbons (Fsp3) is 0.455. The molecule has 0 aliphatic carbocycles. The predicted octanol–water partition coefficient (Wildman–Crippen LogP) is 2.74. The van der Waals surface area contributed by atoms with E-state index >= 15 is 0 Å². The molecule has 1 aliphatic rings. The van der Waals surface area contributed by atoms with E-state index in [9.17, 15) is 0 Å². The number of rotatable bonds is 0. The van der Waals surface area contributed by atoms with Crippen LogP contribution in [0.2, 0.25) is 0 Å². The molecule has 0 bridgehead atoms. The largest absolute Gasteiger partial charge is 0.382 e. The molecule has 2 rings (SSSR count). The third-order valence-electron chi connectivity index (χ3n) is 2.51. The minimum absolute atomic E-state index is 0.638. The lowest BCUT2D eigenvalue weighted by atomic mass is 9.98. The first kappa shape index (κ1) is 7.66. The number of aryl methyl sites for hydroxylation is 2. The predicted molar refractivity (Wildman–Crippen MR) is 52.6 cm³/mol. The van der Waals surface area contributed by atoms with Crippen molar-refractivity contribution in [3.63, 3.8) is 0 Å². The molecule has 0 spiro atoms. The fourth-order valence-electron chi connectivity index (χ4n) is 1.75. The summed E-state index contributed by atoms with van der Waals surface area (Å²) in [5.74, 6) is 0. The lowest BCUT2D eigenvalue weighted by Crippen LogP contribution is -2.21. The van der Waals surface area contributed by atoms with Gasteiger partial charge in [0.2, 0.25) is 0 Å². The van der Waals surface area contributed by atoms with Gasteiger partial charge in [-0.3, -0.25) is 0 Å². The van der Waals surface area contributed by atoms with E-state index in [1.165, 1.54) is 29.7 Å². The van der Waals surface area contributed by atoms with Crippen molar-refractivity contribution in [1.29, 1.82) is 0 Å². The molecule has 0 saturated heterocycles. The van der Waals surface area contributed by atoms with E-state index in [4.69, 9.17) is 0 Å². The van der Waals surface area contributed by atoms with Crippen molar-refractivity contribution in [1.82, 2.24) is 0 Å². The Morgan fingerprint density at radius 2 is 2.25 bits per heavy atom. The first-order valence-electron chi connectivity index (χ1n) is 4.62. The maximum atomic E-state index is 3.50. The molecular weight excluding hydrogens is 146 g/mol. The van der Waals surface area contributed by atoms with E-state index in [0.717, 1.165) is 0 Å². The third kappa shape index (κ3) is 1.31. The summed E-state index contributed by atoms with van der Waals surface area (Å²) in [6.45, 7) is 4.38. The first-order chi connectivity index (χ1) is 5.75. The van der Waals surface area contributed by atoms with E-state index in [2.05, 4.69) is 37.4 Å². The molecule has 1 aromatic carbocycles. The molecule has 1 nitrogen and oxygen atoms in total. The van der Waals surface area contributed by atoms with Crippen LogP contribution >= 0.6 is 0 Å². The number of hydrogen-bond donors (Lipinski definition) is 1. The summed E-state index contributed by atoms with van der Waals surface area (Å²) in [7, 11) is 0. The molecular formula is C11H15N. The van der Waals surface area contributed by atoms with Gasteiger partial charge in [0.1, 0.15) is 0 Å². The van der Waals surface area contributed by atoms with Crippen LogP contribution in [0.3, 0.4) is 0 Å². The van der Waals surface area contributed by atoms with E-state index in [1.54, 1.807) is 0 Å². The van der Waals surface area contributed by atoms with Gasteiger partial charge in [0.25, 0.3) is 0 Å². The summed E-state index contributed by atoms with van der Waals surface area (Å²) in [5, 5.41) is 3.50. The summed E-state index contributed by atoms with van der Waals surface area (Å²) in [6.07, 6.45) is 2.49. The van der Waals surface area contributed by atoms with Crippen molar-refractivity contribution < 1.29 is 0 Å². The molecule has 1 atom stereocenters. The van der Waals surface area contributed by atoms with Gasteiger partial charge in [0.05, 0.1) is 0 Å². The highest BCUT2D eigenvalue weighted by atomic mass is 14.9. The SMILES string of the molecule is Cc1ccc2c(c1)NC(C)CC2. The Morgan fingerprint density at radius 3 is 3.08 bits per heavy atom. The molecule has 0 fully saturated rings. The minimum atomic E-state index is 0.638. The molecule has 1 N–H and O–H groups in total. The standard InChI is InChI=1S/C11H15N/c1-8-3-5-10-6-4-9(2)12-11(10)7-8/h3,5,7,9,12H,4,6H2,1-2H3. The summed E-state index contributed by atoms with van der Waals surface area (Å²) in [5.41, 5.74) is 4.16. The van der Waals surface area contributed by atoms with Gasteiger partial charge in [-0.15, -0.1) is 0 Å². The lowest BCUT2D eigenvalue weighted by molar-refractivity contribution is 0.681. The number of nitrogens with one attached hydrogen (secondary N) is 1. The smallest absolute Gasteiger partial charge is 0.0377 e. The van der Waals surface area contributed by atoms with Crippen molar-refractivity contribution >= 4 is 5.69 Å². The Kier molecular flexibility index (Phi) is 1.80. The highest BCUT2D eigenvalue weighted by Gasteiger charge is 2.12. The molecule has 0 aromatic heterocycles. The zero-order chi connectivity index (χ0) is 8.55. The van der Waals surface area contributed by atoms with Crippen molar-refractivity contribution in [2.45, 2.75) is 32.7 Å². The van der Waals surface area contributed by atoms with Gasteiger partial charge in [0, 0.05) is 11.7 Å². The maximum absolute atomic E-state index is 3.50. The van der Waals surface area contributed by atoms with Crippen LogP contribution < -0.4 is 5.32 Å². The quantitative estimate of drug-likeness (QED) is 0.617. The van der Waals surface area contributed by atoms with Crippen molar-refractivity contribution in [2.24, 2.45) is 0 Å². The molecule has 1 aliphatic heterocycles. The second-order valence-electron chi connectivity index (χ2n) is 3.74. The van der Waals surface area contributed by atoms with Crippen LogP contribution in [-0.2, 0) is 6.42 Å². The number of benzene rings is 1. The van der Waals surface area contributed by atoms with Gasteiger partial charge >= 0.3 is 0 Å². The Morgan fingerprint density at radius 1 is 1.42 bits per heavy atom. The average molecular weight is 161 g/mol. The zero-order valence-electron chi connectivity index (χ0n) is 7.72. The fourth-order valence-corrected chi connectivity index (χ4v) is 1.75. The van der Waals surface area contributed by atoms with Crippen LogP contribution in [0.15, 0.2) is 18.2 Å². The molecule has 1 heteroatoms. The molecule has 1 unspecified atom stereocenters. The second kappa shape index (κ2) is 2.81. The molecule has 64 valence electrons. The van der Waals surface area contributed by atoms with Crippen LogP contribution in [0.25, 0.3) is 0 Å². The number of anilines is 1. The van der Waals surface area contributed by atoms with Crippen molar-refractivity contribution in [3.8, 4) is 0 Å². The number of fused-ring (bicyclic) bond motifs is 1. The van der Waals surface area contributed by atoms with Crippen molar-refractivity contribution in [2.75, 3.05) is 5.32 Å². The zero-order valence-corrected chi connectivity index (χ0v) is 7.72. The van der Waals surface area contributed by atoms with E-state index in [1.807, 2.05) is 0 Å². The average Bonchev–Trinajstić information content (AvgIpc) is 2.03. The second-order valence-corrected chi connectivity index (χ2v) is 3.74. The normalized spacial score (nSPS) is 21.3. The highest BCUT2D eigenvalue weighted by molar-refractivity contribution is 5.55. The monoisotopic (exact) mass is 161 g/mol. The summed E-state index contributed by atoms with van der Waals surface area (Å²) in [6, 6.07) is 7.31. The number of hydrogen-bond acceptors (Lipinski definition) is 1. The summed E-state index contributed by atoms with van der Waals surface area (Å²) in [4.78, 5) is 0. The van der Waals surface area contributed by atoms with Crippen LogP contribution in [0.4, 0.5) is 5.69 Å². The Labute approximate surface area is 73.8 Å². The molecule has 0 saturated carbocycles. The van der Waals surface area contributed by atoms with Gasteiger partial charge < -0.3 is 5.32 Å². The molecule has 1 heterocycles. The Hall–Kier alpha value is -0.980.